The Morgan fingerprint density at radius 2 is 1.88 bits per heavy atom. The van der Waals surface area contributed by atoms with E-state index in [0.717, 1.165) is 41.6 Å². The Kier molecular flexibility index (Phi) is 7.56. The molecular weight excluding hydrogens is 428 g/mol. The summed E-state index contributed by atoms with van der Waals surface area (Å²) in [6.45, 7) is 8.70. The number of carbonyl (C=O) groups is 2. The zero-order chi connectivity index (χ0) is 24.1. The van der Waals surface area contributed by atoms with Gasteiger partial charge in [0, 0.05) is 25.0 Å². The third-order valence-electron chi connectivity index (χ3n) is 6.24. The number of aromatic nitrogens is 1. The first-order chi connectivity index (χ1) is 16.5. The molecule has 1 aliphatic heterocycles. The first-order valence-corrected chi connectivity index (χ1v) is 12.2. The summed E-state index contributed by atoms with van der Waals surface area (Å²) in [5.41, 5.74) is 2.72. The molecule has 3 aromatic rings. The number of hydrogen-bond acceptors (Lipinski definition) is 4. The van der Waals surface area contributed by atoms with Crippen LogP contribution >= 0.6 is 0 Å². The summed E-state index contributed by atoms with van der Waals surface area (Å²) >= 11 is 0. The topological polar surface area (TPSA) is 60.8 Å². The molecular formula is C28H34N2O4. The van der Waals surface area contributed by atoms with Gasteiger partial charge in [0.25, 0.3) is 5.91 Å². The van der Waals surface area contributed by atoms with Gasteiger partial charge >= 0.3 is 5.97 Å². The highest BCUT2D eigenvalue weighted by atomic mass is 16.5. The van der Waals surface area contributed by atoms with Crippen LogP contribution in [0.15, 0.2) is 54.6 Å². The van der Waals surface area contributed by atoms with E-state index in [2.05, 4.69) is 18.4 Å². The van der Waals surface area contributed by atoms with Crippen LogP contribution in [0.3, 0.4) is 0 Å². The molecule has 6 nitrogen and oxygen atoms in total. The van der Waals surface area contributed by atoms with Crippen LogP contribution in [-0.2, 0) is 22.7 Å². The summed E-state index contributed by atoms with van der Waals surface area (Å²) < 4.78 is 13.5. The van der Waals surface area contributed by atoms with E-state index in [0.29, 0.717) is 37.9 Å². The molecule has 1 amide bonds. The molecule has 1 aliphatic rings. The van der Waals surface area contributed by atoms with Crippen molar-refractivity contribution in [1.82, 2.24) is 9.47 Å². The number of nitrogens with zero attached hydrogens (tertiary/aromatic N) is 2. The van der Waals surface area contributed by atoms with E-state index in [1.54, 1.807) is 4.90 Å². The summed E-state index contributed by atoms with van der Waals surface area (Å²) in [7, 11) is 0. The van der Waals surface area contributed by atoms with Crippen molar-refractivity contribution in [3.63, 3.8) is 0 Å². The fraction of sp³-hybridized carbons (Fsp3) is 0.429. The molecule has 0 aliphatic carbocycles. The van der Waals surface area contributed by atoms with Gasteiger partial charge in [-0.05, 0) is 49.4 Å². The molecule has 1 atom stereocenters. The Morgan fingerprint density at radius 1 is 1.09 bits per heavy atom. The number of benzene rings is 2. The van der Waals surface area contributed by atoms with E-state index in [1.807, 2.05) is 61.5 Å². The third-order valence-corrected chi connectivity index (χ3v) is 6.24. The van der Waals surface area contributed by atoms with Gasteiger partial charge in [-0.3, -0.25) is 9.59 Å². The highest BCUT2D eigenvalue weighted by molar-refractivity contribution is 6.00. The molecule has 1 aromatic heterocycles. The molecule has 1 unspecified atom stereocenters. The highest BCUT2D eigenvalue weighted by Gasteiger charge is 2.31. The van der Waals surface area contributed by atoms with Crippen LogP contribution in [0, 0.1) is 11.8 Å². The molecule has 1 fully saturated rings. The maximum Gasteiger partial charge on any atom is 0.310 e. The second-order valence-corrected chi connectivity index (χ2v) is 9.34. The molecule has 6 heteroatoms. The number of fused-ring (bicyclic) bond motifs is 1. The van der Waals surface area contributed by atoms with E-state index < -0.39 is 0 Å². The molecule has 1 saturated heterocycles. The van der Waals surface area contributed by atoms with Gasteiger partial charge in [-0.25, -0.2) is 0 Å². The van der Waals surface area contributed by atoms with Crippen molar-refractivity contribution in [3.8, 4) is 5.75 Å². The van der Waals surface area contributed by atoms with Crippen LogP contribution in [0.5, 0.6) is 5.75 Å². The van der Waals surface area contributed by atoms with Crippen LogP contribution in [0.4, 0.5) is 0 Å². The van der Waals surface area contributed by atoms with Crippen LogP contribution in [-0.4, -0.2) is 41.0 Å². The summed E-state index contributed by atoms with van der Waals surface area (Å²) in [5, 5.41) is 0.932. The van der Waals surface area contributed by atoms with Gasteiger partial charge in [-0.2, -0.15) is 0 Å². The highest BCUT2D eigenvalue weighted by Crippen LogP contribution is 2.32. The van der Waals surface area contributed by atoms with Gasteiger partial charge in [0.15, 0.2) is 0 Å². The monoisotopic (exact) mass is 462 g/mol. The van der Waals surface area contributed by atoms with E-state index in [1.165, 1.54) is 0 Å². The minimum atomic E-state index is -0.259. The fourth-order valence-corrected chi connectivity index (χ4v) is 4.63. The second kappa shape index (κ2) is 10.8. The fourth-order valence-electron chi connectivity index (χ4n) is 4.63. The van der Waals surface area contributed by atoms with E-state index in [-0.39, 0.29) is 17.8 Å². The number of ether oxygens (including phenoxy) is 2. The zero-order valence-electron chi connectivity index (χ0n) is 20.3. The molecule has 180 valence electrons. The number of likely N-dealkylation sites (tertiary alicyclic amines) is 1. The largest absolute Gasteiger partial charge is 0.488 e. The number of carbonyl (C=O) groups excluding carboxylic acids is 2. The molecule has 34 heavy (non-hydrogen) atoms. The lowest BCUT2D eigenvalue weighted by molar-refractivity contribution is -0.149. The van der Waals surface area contributed by atoms with E-state index in [9.17, 15) is 9.59 Å². The quantitative estimate of drug-likeness (QED) is 0.427. The molecule has 2 heterocycles. The molecule has 0 saturated carbocycles. The van der Waals surface area contributed by atoms with E-state index >= 15 is 0 Å². The minimum absolute atomic E-state index is 0.0418. The molecule has 4 rings (SSSR count). The summed E-state index contributed by atoms with van der Waals surface area (Å²) in [5.74, 6) is 0.621. The van der Waals surface area contributed by atoms with E-state index in [4.69, 9.17) is 9.47 Å². The average Bonchev–Trinajstić information content (AvgIpc) is 3.21. The van der Waals surface area contributed by atoms with Crippen molar-refractivity contribution in [3.05, 3.63) is 65.9 Å². The SMILES string of the molecule is CCOC(=O)C1CCCN(C(=O)c2cc3c(OCc4ccccc4)cccc3n2CC(C)C)C1. The number of piperidine rings is 1. The van der Waals surface area contributed by atoms with Crippen molar-refractivity contribution >= 4 is 22.8 Å². The Labute approximate surface area is 201 Å². The number of esters is 1. The smallest absolute Gasteiger partial charge is 0.310 e. The summed E-state index contributed by atoms with van der Waals surface area (Å²) in [4.78, 5) is 27.8. The normalized spacial score (nSPS) is 16.1. The lowest BCUT2D eigenvalue weighted by Gasteiger charge is -2.31. The second-order valence-electron chi connectivity index (χ2n) is 9.34. The molecule has 0 bridgehead atoms. The first kappa shape index (κ1) is 23.9. The number of hydrogen-bond donors (Lipinski definition) is 0. The Hall–Kier alpha value is -3.28. The van der Waals surface area contributed by atoms with Crippen LogP contribution in [0.2, 0.25) is 0 Å². The predicted molar refractivity (Wildman–Crippen MR) is 133 cm³/mol. The lowest BCUT2D eigenvalue weighted by atomic mass is 9.98. The molecule has 0 N–H and O–H groups in total. The standard InChI is InChI=1S/C28H34N2O4/c1-4-33-28(32)22-12-9-15-29(18-22)27(31)25-16-23-24(30(25)17-20(2)3)13-8-14-26(23)34-19-21-10-6-5-7-11-21/h5-8,10-11,13-14,16,20,22H,4,9,12,15,17-19H2,1-3H3. The maximum atomic E-state index is 13.7. The van der Waals surface area contributed by atoms with Crippen LogP contribution in [0.1, 0.15) is 49.7 Å². The minimum Gasteiger partial charge on any atom is -0.488 e. The molecule has 0 spiro atoms. The lowest BCUT2D eigenvalue weighted by Crippen LogP contribution is -2.43. The molecule has 2 aromatic carbocycles. The predicted octanol–water partition coefficient (Wildman–Crippen LogP) is 5.29. The van der Waals surface area contributed by atoms with Crippen LogP contribution < -0.4 is 4.74 Å². The Bertz CT molecular complexity index is 1140. The van der Waals surface area contributed by atoms with Gasteiger partial charge < -0.3 is 18.9 Å². The average molecular weight is 463 g/mol. The van der Waals surface area contributed by atoms with Crippen molar-refractivity contribution in [2.75, 3.05) is 19.7 Å². The number of rotatable bonds is 8. The Morgan fingerprint density at radius 3 is 2.62 bits per heavy atom. The van der Waals surface area contributed by atoms with Gasteiger partial charge in [0.05, 0.1) is 18.0 Å². The summed E-state index contributed by atoms with van der Waals surface area (Å²) in [6.07, 6.45) is 1.56. The van der Waals surface area contributed by atoms with Gasteiger partial charge in [-0.1, -0.05) is 50.2 Å². The maximum absolute atomic E-state index is 13.7. The third kappa shape index (κ3) is 5.27. The first-order valence-electron chi connectivity index (χ1n) is 12.2. The van der Waals surface area contributed by atoms with Gasteiger partial charge in [0.2, 0.25) is 0 Å². The summed E-state index contributed by atoms with van der Waals surface area (Å²) in [6, 6.07) is 18.0. The van der Waals surface area contributed by atoms with Gasteiger partial charge in [-0.15, -0.1) is 0 Å². The van der Waals surface area contributed by atoms with Crippen molar-refractivity contribution in [2.24, 2.45) is 11.8 Å². The van der Waals surface area contributed by atoms with Gasteiger partial charge in [0.1, 0.15) is 18.1 Å². The zero-order valence-corrected chi connectivity index (χ0v) is 20.3. The molecule has 0 radical (unpaired) electrons. The van der Waals surface area contributed by atoms with Crippen molar-refractivity contribution < 1.29 is 19.1 Å². The van der Waals surface area contributed by atoms with Crippen molar-refractivity contribution in [2.45, 2.75) is 46.8 Å². The van der Waals surface area contributed by atoms with Crippen LogP contribution in [0.25, 0.3) is 10.9 Å². The van der Waals surface area contributed by atoms with Crippen molar-refractivity contribution in [1.29, 1.82) is 0 Å². The Balaban J connectivity index is 1.64. The number of amides is 1.